The molecular weight excluding hydrogens is 362 g/mol. The summed E-state index contributed by atoms with van der Waals surface area (Å²) in [5, 5.41) is 12.1. The number of halogens is 1. The number of hydrogen-bond donors (Lipinski definition) is 0. The van der Waals surface area contributed by atoms with E-state index in [-0.39, 0.29) is 0 Å². The zero-order chi connectivity index (χ0) is 16.5. The van der Waals surface area contributed by atoms with Crippen molar-refractivity contribution in [1.82, 2.24) is 15.2 Å². The molecule has 0 atom stereocenters. The van der Waals surface area contributed by atoms with Crippen LogP contribution in [0.4, 0.5) is 0 Å². The minimum absolute atomic E-state index is 0.667. The fourth-order valence-corrected chi connectivity index (χ4v) is 4.51. The Kier molecular flexibility index (Phi) is 4.18. The lowest BCUT2D eigenvalue weighted by Gasteiger charge is -1.98. The molecule has 7 heteroatoms. The van der Waals surface area contributed by atoms with E-state index in [0.717, 1.165) is 36.6 Å². The highest BCUT2D eigenvalue weighted by Gasteiger charge is 2.12. The van der Waals surface area contributed by atoms with Gasteiger partial charge < -0.3 is 4.74 Å². The van der Waals surface area contributed by atoms with Gasteiger partial charge in [-0.3, -0.25) is 0 Å². The van der Waals surface area contributed by atoms with E-state index in [2.05, 4.69) is 21.2 Å². The van der Waals surface area contributed by atoms with Crippen molar-refractivity contribution in [2.75, 3.05) is 7.11 Å². The molecule has 0 aliphatic rings. The lowest BCUT2D eigenvalue weighted by atomic mass is 10.2. The molecule has 0 bridgehead atoms. The van der Waals surface area contributed by atoms with Gasteiger partial charge in [0.2, 0.25) is 0 Å². The van der Waals surface area contributed by atoms with Crippen LogP contribution in [0, 0.1) is 0 Å². The maximum Gasteiger partial charge on any atom is 0.147 e. The first-order chi connectivity index (χ1) is 11.7. The van der Waals surface area contributed by atoms with E-state index in [1.54, 1.807) is 29.8 Å². The van der Waals surface area contributed by atoms with Gasteiger partial charge >= 0.3 is 0 Å². The van der Waals surface area contributed by atoms with Crippen molar-refractivity contribution in [1.29, 1.82) is 0 Å². The molecule has 0 aliphatic heterocycles. The molecule has 2 aromatic carbocycles. The van der Waals surface area contributed by atoms with Crippen molar-refractivity contribution >= 4 is 44.5 Å². The summed E-state index contributed by atoms with van der Waals surface area (Å²) in [4.78, 5) is 4.69. The molecule has 24 heavy (non-hydrogen) atoms. The van der Waals surface area contributed by atoms with Crippen LogP contribution in [-0.4, -0.2) is 22.3 Å². The van der Waals surface area contributed by atoms with E-state index in [1.807, 2.05) is 36.4 Å². The Labute approximate surface area is 151 Å². The fourth-order valence-electron chi connectivity index (χ4n) is 2.40. The summed E-state index contributed by atoms with van der Waals surface area (Å²) in [6.45, 7) is 0. The topological polar surface area (TPSA) is 47.9 Å². The fraction of sp³-hybridized carbons (Fsp3) is 0.118. The lowest BCUT2D eigenvalue weighted by molar-refractivity contribution is 0.419. The first-order valence-electron chi connectivity index (χ1n) is 7.23. The van der Waals surface area contributed by atoms with E-state index in [1.165, 1.54) is 0 Å². The Bertz CT molecular complexity index is 1010. The molecule has 4 rings (SSSR count). The van der Waals surface area contributed by atoms with Crippen LogP contribution in [0.25, 0.3) is 20.8 Å². The van der Waals surface area contributed by atoms with Crippen LogP contribution < -0.4 is 4.74 Å². The summed E-state index contributed by atoms with van der Waals surface area (Å²) in [5.41, 5.74) is 1.89. The molecule has 0 radical (unpaired) electrons. The minimum atomic E-state index is 0.667. The lowest BCUT2D eigenvalue weighted by Crippen LogP contribution is -1.87. The van der Waals surface area contributed by atoms with Crippen LogP contribution in [0.2, 0.25) is 5.02 Å². The third-order valence-corrected chi connectivity index (χ3v) is 5.72. The predicted octanol–water partition coefficient (Wildman–Crippen LogP) is 5.07. The van der Waals surface area contributed by atoms with Crippen LogP contribution in [0.1, 0.15) is 10.0 Å². The van der Waals surface area contributed by atoms with Gasteiger partial charge in [0, 0.05) is 10.6 Å². The van der Waals surface area contributed by atoms with Gasteiger partial charge in [0.15, 0.2) is 0 Å². The monoisotopic (exact) mass is 373 g/mol. The largest absolute Gasteiger partial charge is 0.494 e. The number of para-hydroxylation sites is 1. The number of hydrogen-bond acceptors (Lipinski definition) is 6. The van der Waals surface area contributed by atoms with Crippen molar-refractivity contribution < 1.29 is 4.74 Å². The second kappa shape index (κ2) is 6.47. The number of methoxy groups -OCH3 is 1. The van der Waals surface area contributed by atoms with Crippen LogP contribution in [-0.2, 0) is 6.42 Å². The van der Waals surface area contributed by atoms with Crippen molar-refractivity contribution in [3.63, 3.8) is 0 Å². The Balaban J connectivity index is 1.62. The molecule has 2 aromatic heterocycles. The maximum absolute atomic E-state index is 6.04. The predicted molar refractivity (Wildman–Crippen MR) is 99.3 cm³/mol. The number of nitrogens with zero attached hydrogens (tertiary/aromatic N) is 3. The Morgan fingerprint density at radius 1 is 1.04 bits per heavy atom. The summed E-state index contributed by atoms with van der Waals surface area (Å²) in [6, 6.07) is 13.6. The van der Waals surface area contributed by atoms with Crippen LogP contribution in [0.5, 0.6) is 5.75 Å². The molecule has 4 aromatic rings. The molecule has 0 fully saturated rings. The molecule has 2 heterocycles. The summed E-state index contributed by atoms with van der Waals surface area (Å²) in [7, 11) is 1.66. The number of benzene rings is 2. The van der Waals surface area contributed by atoms with Crippen LogP contribution in [0.15, 0.2) is 42.5 Å². The van der Waals surface area contributed by atoms with Crippen molar-refractivity contribution in [3.05, 3.63) is 57.5 Å². The molecule has 0 saturated carbocycles. The van der Waals surface area contributed by atoms with Gasteiger partial charge in [0.05, 0.1) is 18.2 Å². The third kappa shape index (κ3) is 3.00. The molecule has 0 aliphatic carbocycles. The Hall–Kier alpha value is -2.02. The SMILES string of the molecule is COc1cccc2sc(Cc3nnc(-c4cccc(Cl)c4)s3)nc12. The van der Waals surface area contributed by atoms with E-state index >= 15 is 0 Å². The first-order valence-corrected chi connectivity index (χ1v) is 9.25. The number of ether oxygens (including phenoxy) is 1. The Morgan fingerprint density at radius 2 is 1.92 bits per heavy atom. The minimum Gasteiger partial charge on any atom is -0.494 e. The quantitative estimate of drug-likeness (QED) is 0.501. The van der Waals surface area contributed by atoms with Crippen molar-refractivity contribution in [2.24, 2.45) is 0 Å². The van der Waals surface area contributed by atoms with Gasteiger partial charge in [-0.15, -0.1) is 21.5 Å². The summed E-state index contributed by atoms with van der Waals surface area (Å²) in [5.74, 6) is 0.798. The molecular formula is C17H12ClN3OS2. The standard InChI is InChI=1S/C17H12ClN3OS2/c1-22-12-6-3-7-13-16(12)19-14(23-13)9-15-20-21-17(24-15)10-4-2-5-11(18)8-10/h2-8H,9H2,1H3. The highest BCUT2D eigenvalue weighted by molar-refractivity contribution is 7.19. The van der Waals surface area contributed by atoms with E-state index in [0.29, 0.717) is 11.4 Å². The smallest absolute Gasteiger partial charge is 0.147 e. The summed E-state index contributed by atoms with van der Waals surface area (Å²) >= 11 is 9.26. The highest BCUT2D eigenvalue weighted by Crippen LogP contribution is 2.32. The molecule has 0 unspecified atom stereocenters. The number of aromatic nitrogens is 3. The first kappa shape index (κ1) is 15.5. The van der Waals surface area contributed by atoms with Crippen LogP contribution in [0.3, 0.4) is 0 Å². The second-order valence-corrected chi connectivity index (χ2v) is 7.72. The molecule has 0 N–H and O–H groups in total. The van der Waals surface area contributed by atoms with Gasteiger partial charge in [-0.25, -0.2) is 4.98 Å². The van der Waals surface area contributed by atoms with E-state index < -0.39 is 0 Å². The molecule has 4 nitrogen and oxygen atoms in total. The zero-order valence-corrected chi connectivity index (χ0v) is 15.1. The van der Waals surface area contributed by atoms with Crippen molar-refractivity contribution in [2.45, 2.75) is 6.42 Å². The molecule has 120 valence electrons. The number of thiazole rings is 1. The normalized spacial score (nSPS) is 11.1. The summed E-state index contributed by atoms with van der Waals surface area (Å²) < 4.78 is 6.49. The van der Waals surface area contributed by atoms with Crippen LogP contribution >= 0.6 is 34.3 Å². The van der Waals surface area contributed by atoms with Gasteiger partial charge in [-0.2, -0.15) is 0 Å². The summed E-state index contributed by atoms with van der Waals surface area (Å²) in [6.07, 6.45) is 0.667. The number of fused-ring (bicyclic) bond motifs is 1. The Morgan fingerprint density at radius 3 is 2.75 bits per heavy atom. The number of rotatable bonds is 4. The second-order valence-electron chi connectivity index (χ2n) is 5.10. The van der Waals surface area contributed by atoms with E-state index in [4.69, 9.17) is 16.3 Å². The van der Waals surface area contributed by atoms with E-state index in [9.17, 15) is 0 Å². The molecule has 0 spiro atoms. The van der Waals surface area contributed by atoms with Gasteiger partial charge in [0.1, 0.15) is 26.3 Å². The van der Waals surface area contributed by atoms with Gasteiger partial charge in [-0.05, 0) is 24.3 Å². The molecule has 0 amide bonds. The maximum atomic E-state index is 6.04. The third-order valence-electron chi connectivity index (χ3n) is 3.49. The highest BCUT2D eigenvalue weighted by atomic mass is 35.5. The van der Waals surface area contributed by atoms with Crippen molar-refractivity contribution in [3.8, 4) is 16.3 Å². The van der Waals surface area contributed by atoms with Gasteiger partial charge in [0.25, 0.3) is 0 Å². The zero-order valence-electron chi connectivity index (χ0n) is 12.7. The van der Waals surface area contributed by atoms with Gasteiger partial charge in [-0.1, -0.05) is 41.1 Å². The average molecular weight is 374 g/mol. The molecule has 0 saturated heterocycles. The average Bonchev–Trinajstić information content (AvgIpc) is 3.21.